The normalized spacial score (nSPS) is 11.2. The van der Waals surface area contributed by atoms with Gasteiger partial charge in [-0.2, -0.15) is 9.78 Å². The average Bonchev–Trinajstić information content (AvgIpc) is 2.87. The van der Waals surface area contributed by atoms with Crippen molar-refractivity contribution in [2.24, 2.45) is 5.10 Å². The fourth-order valence-electron chi connectivity index (χ4n) is 3.83. The van der Waals surface area contributed by atoms with Gasteiger partial charge in [-0.3, -0.25) is 4.79 Å². The third-order valence-electron chi connectivity index (χ3n) is 5.52. The zero-order valence-electron chi connectivity index (χ0n) is 20.0. The van der Waals surface area contributed by atoms with Gasteiger partial charge in [-0.15, -0.1) is 6.58 Å². The molecule has 0 aliphatic carbocycles. The van der Waals surface area contributed by atoms with Crippen LogP contribution >= 0.6 is 15.9 Å². The summed E-state index contributed by atoms with van der Waals surface area (Å²) in [6, 6.07) is 15.3. The molecule has 0 atom stereocenters. The number of fused-ring (bicyclic) bond motifs is 1. The van der Waals surface area contributed by atoms with Crippen LogP contribution in [0.1, 0.15) is 29.4 Å². The number of benzene rings is 3. The monoisotopic (exact) mass is 549 g/mol. The Labute approximate surface area is 216 Å². The van der Waals surface area contributed by atoms with Gasteiger partial charge in [0.15, 0.2) is 11.5 Å². The van der Waals surface area contributed by atoms with Gasteiger partial charge in [0, 0.05) is 16.5 Å². The first-order valence-electron chi connectivity index (χ1n) is 11.4. The number of methoxy groups -OCH3 is 1. The number of ether oxygens (including phenoxy) is 2. The van der Waals surface area contributed by atoms with E-state index in [1.807, 2.05) is 25.1 Å². The highest BCUT2D eigenvalue weighted by Crippen LogP contribution is 2.34. The third-order valence-corrected chi connectivity index (χ3v) is 6.02. The lowest BCUT2D eigenvalue weighted by molar-refractivity contribution is 0.281. The molecule has 0 unspecified atom stereocenters. The van der Waals surface area contributed by atoms with Crippen LogP contribution in [0.5, 0.6) is 11.5 Å². The van der Waals surface area contributed by atoms with Gasteiger partial charge < -0.3 is 9.47 Å². The molecule has 1 aromatic heterocycles. The molecule has 6 nitrogen and oxygen atoms in total. The first-order chi connectivity index (χ1) is 17.4. The smallest absolute Gasteiger partial charge is 0.282 e. The largest absolute Gasteiger partial charge is 0.493 e. The summed E-state index contributed by atoms with van der Waals surface area (Å²) in [5.41, 5.74) is 2.62. The van der Waals surface area contributed by atoms with Crippen molar-refractivity contribution in [1.29, 1.82) is 0 Å². The van der Waals surface area contributed by atoms with E-state index in [0.29, 0.717) is 52.2 Å². The van der Waals surface area contributed by atoms with Gasteiger partial charge >= 0.3 is 0 Å². The molecule has 3 aromatic carbocycles. The maximum absolute atomic E-state index is 13.6. The van der Waals surface area contributed by atoms with Crippen molar-refractivity contribution in [3.05, 3.63) is 110 Å². The predicted molar refractivity (Wildman–Crippen MR) is 144 cm³/mol. The van der Waals surface area contributed by atoms with Crippen LogP contribution in [0.4, 0.5) is 4.39 Å². The Bertz CT molecular complexity index is 1510. The fraction of sp³-hybridized carbons (Fsp3) is 0.179. The molecule has 0 radical (unpaired) electrons. The number of aryl methyl sites for hydroxylation is 1. The number of nitrogens with zero attached hydrogens (tertiary/aromatic N) is 3. The molecule has 4 aromatic rings. The number of hydrogen-bond donors (Lipinski definition) is 0. The Morgan fingerprint density at radius 1 is 1.19 bits per heavy atom. The van der Waals surface area contributed by atoms with E-state index in [9.17, 15) is 9.18 Å². The van der Waals surface area contributed by atoms with Crippen molar-refractivity contribution in [3.63, 3.8) is 0 Å². The molecule has 0 N–H and O–H groups in total. The van der Waals surface area contributed by atoms with E-state index in [2.05, 4.69) is 32.6 Å². The van der Waals surface area contributed by atoms with Crippen molar-refractivity contribution in [3.8, 4) is 11.5 Å². The van der Waals surface area contributed by atoms with Gasteiger partial charge in [-0.05, 0) is 60.0 Å². The Hall–Kier alpha value is -3.78. The van der Waals surface area contributed by atoms with Crippen molar-refractivity contribution < 1.29 is 13.9 Å². The van der Waals surface area contributed by atoms with E-state index in [1.54, 1.807) is 43.7 Å². The van der Waals surface area contributed by atoms with Crippen LogP contribution in [-0.4, -0.2) is 23.0 Å². The van der Waals surface area contributed by atoms with Gasteiger partial charge in [0.05, 0.1) is 24.2 Å². The minimum atomic E-state index is -0.321. The molecule has 0 saturated heterocycles. The highest BCUT2D eigenvalue weighted by Gasteiger charge is 2.14. The van der Waals surface area contributed by atoms with Crippen molar-refractivity contribution in [2.45, 2.75) is 26.4 Å². The van der Waals surface area contributed by atoms with Crippen LogP contribution in [0.2, 0.25) is 0 Å². The first-order valence-corrected chi connectivity index (χ1v) is 12.2. The predicted octanol–water partition coefficient (Wildman–Crippen LogP) is 6.06. The van der Waals surface area contributed by atoms with E-state index >= 15 is 0 Å². The van der Waals surface area contributed by atoms with E-state index in [-0.39, 0.29) is 18.0 Å². The van der Waals surface area contributed by atoms with E-state index < -0.39 is 0 Å². The van der Waals surface area contributed by atoms with Crippen LogP contribution in [0.3, 0.4) is 0 Å². The number of halogens is 2. The Morgan fingerprint density at radius 3 is 2.75 bits per heavy atom. The summed E-state index contributed by atoms with van der Waals surface area (Å²) in [5.74, 6) is 1.27. The highest BCUT2D eigenvalue weighted by molar-refractivity contribution is 9.10. The number of aromatic nitrogens is 2. The average molecular weight is 550 g/mol. The fourth-order valence-corrected chi connectivity index (χ4v) is 4.19. The molecular weight excluding hydrogens is 525 g/mol. The molecular formula is C28H25BrFN3O3. The molecule has 0 saturated carbocycles. The minimum Gasteiger partial charge on any atom is -0.493 e. The minimum absolute atomic E-state index is 0.180. The molecule has 36 heavy (non-hydrogen) atoms. The summed E-state index contributed by atoms with van der Waals surface area (Å²) in [5, 5.41) is 4.95. The summed E-state index contributed by atoms with van der Waals surface area (Å²) in [6.07, 6.45) is 4.41. The quantitative estimate of drug-likeness (QED) is 0.188. The van der Waals surface area contributed by atoms with Crippen molar-refractivity contribution in [2.75, 3.05) is 7.11 Å². The first kappa shape index (κ1) is 25.3. The van der Waals surface area contributed by atoms with Crippen LogP contribution in [0, 0.1) is 5.82 Å². The van der Waals surface area contributed by atoms with Crippen LogP contribution in [0.25, 0.3) is 10.9 Å². The topological polar surface area (TPSA) is 65.7 Å². The summed E-state index contributed by atoms with van der Waals surface area (Å²) >= 11 is 3.41. The molecule has 4 rings (SSSR count). The molecule has 0 bridgehead atoms. The zero-order valence-corrected chi connectivity index (χ0v) is 21.6. The zero-order chi connectivity index (χ0) is 25.7. The number of allylic oxidation sites excluding steroid dienone is 1. The molecule has 0 amide bonds. The van der Waals surface area contributed by atoms with Gasteiger partial charge in [-0.1, -0.05) is 41.1 Å². The molecule has 0 aliphatic rings. The Morgan fingerprint density at radius 2 is 2.03 bits per heavy atom. The summed E-state index contributed by atoms with van der Waals surface area (Å²) < 4.78 is 27.3. The molecule has 0 spiro atoms. The molecule has 8 heteroatoms. The van der Waals surface area contributed by atoms with E-state index in [4.69, 9.17) is 9.47 Å². The lowest BCUT2D eigenvalue weighted by Crippen LogP contribution is -2.22. The van der Waals surface area contributed by atoms with Crippen LogP contribution < -0.4 is 15.0 Å². The second-order valence-electron chi connectivity index (χ2n) is 8.03. The van der Waals surface area contributed by atoms with Gasteiger partial charge in [-0.25, -0.2) is 9.37 Å². The van der Waals surface area contributed by atoms with Gasteiger partial charge in [0.25, 0.3) is 5.56 Å². The molecule has 184 valence electrons. The van der Waals surface area contributed by atoms with Crippen molar-refractivity contribution in [1.82, 2.24) is 9.66 Å². The lowest BCUT2D eigenvalue weighted by atomic mass is 10.1. The van der Waals surface area contributed by atoms with Gasteiger partial charge in [0.2, 0.25) is 0 Å². The summed E-state index contributed by atoms with van der Waals surface area (Å²) in [4.78, 5) is 17.8. The third kappa shape index (κ3) is 5.54. The maximum Gasteiger partial charge on any atom is 0.282 e. The molecule has 0 fully saturated rings. The van der Waals surface area contributed by atoms with Crippen LogP contribution in [0.15, 0.2) is 81.6 Å². The summed E-state index contributed by atoms with van der Waals surface area (Å²) in [7, 11) is 1.55. The second-order valence-corrected chi connectivity index (χ2v) is 8.94. The Balaban J connectivity index is 1.72. The van der Waals surface area contributed by atoms with E-state index in [0.717, 1.165) is 10.0 Å². The SMILES string of the molecule is C=CCc1cc(C=Nn2c(CC)nc3ccc(Br)cc3c2=O)cc(OC)c1OCc1cccc(F)c1. The standard InChI is InChI=1S/C28H25BrFN3O3/c1-4-7-20-12-19(14-25(35-3)27(20)36-17-18-8-6-9-22(30)13-18)16-31-33-26(5-2)32-24-11-10-21(29)15-23(24)28(33)34/h4,6,8-16H,1,5,7,17H2,2-3H3. The lowest BCUT2D eigenvalue weighted by Gasteiger charge is -2.16. The molecule has 0 aliphatic heterocycles. The maximum atomic E-state index is 13.6. The van der Waals surface area contributed by atoms with E-state index in [1.165, 1.54) is 16.8 Å². The second kappa shape index (κ2) is 11.3. The van der Waals surface area contributed by atoms with Gasteiger partial charge in [0.1, 0.15) is 18.2 Å². The number of hydrogen-bond acceptors (Lipinski definition) is 5. The number of rotatable bonds is 9. The summed E-state index contributed by atoms with van der Waals surface area (Å²) in [6.45, 7) is 5.94. The Kier molecular flexibility index (Phi) is 7.95. The molecule has 1 heterocycles. The highest BCUT2D eigenvalue weighted by atomic mass is 79.9. The van der Waals surface area contributed by atoms with Crippen molar-refractivity contribution >= 4 is 33.0 Å². The van der Waals surface area contributed by atoms with Crippen LogP contribution in [-0.2, 0) is 19.4 Å².